The lowest BCUT2D eigenvalue weighted by atomic mass is 9.91. The van der Waals surface area contributed by atoms with Gasteiger partial charge in [-0.1, -0.05) is 24.3 Å². The predicted molar refractivity (Wildman–Crippen MR) is 124 cm³/mol. The lowest BCUT2D eigenvalue weighted by molar-refractivity contribution is 0.0663. The molecule has 1 unspecified atom stereocenters. The molecule has 1 saturated heterocycles. The monoisotopic (exact) mass is 438 g/mol. The van der Waals surface area contributed by atoms with Crippen LogP contribution in [0.2, 0.25) is 0 Å². The van der Waals surface area contributed by atoms with Crippen LogP contribution in [0.15, 0.2) is 42.5 Å². The van der Waals surface area contributed by atoms with Gasteiger partial charge < -0.3 is 19.9 Å². The number of ether oxygens (including phenoxy) is 2. The summed E-state index contributed by atoms with van der Waals surface area (Å²) in [5.41, 5.74) is 4.37. The Morgan fingerprint density at radius 3 is 2.78 bits per heavy atom. The van der Waals surface area contributed by atoms with Gasteiger partial charge in [-0.3, -0.25) is 9.69 Å². The van der Waals surface area contributed by atoms with E-state index in [4.69, 9.17) is 9.47 Å². The fraction of sp³-hybridized carbons (Fsp3) is 0.500. The second kappa shape index (κ2) is 10.9. The molecule has 4 rings (SSSR count). The van der Waals surface area contributed by atoms with E-state index >= 15 is 0 Å². The van der Waals surface area contributed by atoms with Gasteiger partial charge in [-0.05, 0) is 66.5 Å². The smallest absolute Gasteiger partial charge is 0.251 e. The van der Waals surface area contributed by atoms with Crippen LogP contribution in [0.4, 0.5) is 0 Å². The Morgan fingerprint density at radius 2 is 2.00 bits per heavy atom. The van der Waals surface area contributed by atoms with Crippen molar-refractivity contribution in [3.05, 3.63) is 64.7 Å². The minimum Gasteiger partial charge on any atom is -0.496 e. The molecule has 172 valence electrons. The van der Waals surface area contributed by atoms with Gasteiger partial charge in [0, 0.05) is 45.0 Å². The molecule has 2 N–H and O–H groups in total. The maximum atomic E-state index is 12.8. The molecule has 6 nitrogen and oxygen atoms in total. The number of rotatable bonds is 8. The number of nitrogens with one attached hydrogen (secondary N) is 1. The van der Waals surface area contributed by atoms with E-state index in [9.17, 15) is 9.90 Å². The molecular weight excluding hydrogens is 404 g/mol. The third-order valence-corrected chi connectivity index (χ3v) is 6.57. The van der Waals surface area contributed by atoms with E-state index in [1.165, 1.54) is 11.1 Å². The van der Waals surface area contributed by atoms with Crippen molar-refractivity contribution in [2.75, 3.05) is 40.0 Å². The number of benzene rings is 2. The van der Waals surface area contributed by atoms with Gasteiger partial charge in [0.15, 0.2) is 0 Å². The first kappa shape index (κ1) is 22.8. The molecule has 0 aliphatic carbocycles. The van der Waals surface area contributed by atoms with Crippen molar-refractivity contribution in [1.82, 2.24) is 10.2 Å². The number of amides is 1. The molecule has 2 aliphatic rings. The summed E-state index contributed by atoms with van der Waals surface area (Å²) in [6, 6.07) is 14.0. The van der Waals surface area contributed by atoms with Gasteiger partial charge in [-0.2, -0.15) is 0 Å². The number of hydrogen-bond acceptors (Lipinski definition) is 5. The first-order valence-corrected chi connectivity index (χ1v) is 11.6. The first-order chi connectivity index (χ1) is 15.6. The Labute approximate surface area is 190 Å². The molecule has 6 heteroatoms. The number of nitrogens with zero attached hydrogens (tertiary/aromatic N) is 1. The van der Waals surface area contributed by atoms with Crippen LogP contribution in [0.3, 0.4) is 0 Å². The molecule has 1 amide bonds. The second-order valence-corrected chi connectivity index (χ2v) is 8.90. The summed E-state index contributed by atoms with van der Waals surface area (Å²) in [6.07, 6.45) is 3.34. The Hall–Kier alpha value is -2.41. The summed E-state index contributed by atoms with van der Waals surface area (Å²) in [5.74, 6) is 1.20. The summed E-state index contributed by atoms with van der Waals surface area (Å²) in [6.45, 7) is 4.15. The molecule has 0 bridgehead atoms. The zero-order valence-corrected chi connectivity index (χ0v) is 18.9. The van der Waals surface area contributed by atoms with E-state index in [1.54, 1.807) is 13.2 Å². The van der Waals surface area contributed by atoms with Crippen LogP contribution >= 0.6 is 0 Å². The lowest BCUT2D eigenvalue weighted by Gasteiger charge is -2.30. The highest BCUT2D eigenvalue weighted by Gasteiger charge is 2.20. The molecule has 2 aliphatic heterocycles. The third-order valence-electron chi connectivity index (χ3n) is 6.57. The minimum absolute atomic E-state index is 0.163. The van der Waals surface area contributed by atoms with E-state index in [-0.39, 0.29) is 12.5 Å². The van der Waals surface area contributed by atoms with Crippen molar-refractivity contribution in [2.24, 2.45) is 5.92 Å². The van der Waals surface area contributed by atoms with Crippen molar-refractivity contribution < 1.29 is 19.4 Å². The van der Waals surface area contributed by atoms with Gasteiger partial charge in [0.05, 0.1) is 13.2 Å². The number of aliphatic hydroxyl groups excluding tert-OH is 1. The van der Waals surface area contributed by atoms with E-state index in [0.717, 1.165) is 63.3 Å². The quantitative estimate of drug-likeness (QED) is 0.663. The zero-order valence-electron chi connectivity index (χ0n) is 18.9. The van der Waals surface area contributed by atoms with Gasteiger partial charge in [0.1, 0.15) is 5.75 Å². The van der Waals surface area contributed by atoms with Crippen molar-refractivity contribution >= 4 is 5.91 Å². The van der Waals surface area contributed by atoms with Gasteiger partial charge >= 0.3 is 0 Å². The Morgan fingerprint density at radius 1 is 1.22 bits per heavy atom. The molecule has 0 radical (unpaired) electrons. The number of carbonyl (C=O) groups excluding carboxylic acids is 1. The molecule has 1 fully saturated rings. The largest absolute Gasteiger partial charge is 0.496 e. The van der Waals surface area contributed by atoms with Crippen molar-refractivity contribution in [3.63, 3.8) is 0 Å². The number of methoxy groups -OCH3 is 1. The molecule has 0 aromatic heterocycles. The number of aliphatic hydroxyl groups is 1. The number of β-amino-alcohol motifs (C(OH)–C–C–N with tert-alkyl or cyclic N) is 1. The lowest BCUT2D eigenvalue weighted by Crippen LogP contribution is -2.42. The number of hydrogen-bond donors (Lipinski definition) is 2. The first-order valence-electron chi connectivity index (χ1n) is 11.6. The van der Waals surface area contributed by atoms with Crippen LogP contribution in [-0.2, 0) is 24.1 Å². The SMILES string of the molecule is COc1ccc(C(=O)NCC(O)CN2CCc3ccccc3C2)cc1CC1CCOCC1. The van der Waals surface area contributed by atoms with Crippen molar-refractivity contribution in [2.45, 2.75) is 38.3 Å². The number of carbonyl (C=O) groups is 1. The van der Waals surface area contributed by atoms with Gasteiger partial charge in [0.25, 0.3) is 5.91 Å². The summed E-state index contributed by atoms with van der Waals surface area (Å²) >= 11 is 0. The summed E-state index contributed by atoms with van der Waals surface area (Å²) < 4.78 is 11.0. The van der Waals surface area contributed by atoms with Crippen molar-refractivity contribution in [1.29, 1.82) is 0 Å². The maximum Gasteiger partial charge on any atom is 0.251 e. The van der Waals surface area contributed by atoms with Crippen molar-refractivity contribution in [3.8, 4) is 5.75 Å². The third kappa shape index (κ3) is 5.88. The topological polar surface area (TPSA) is 71.0 Å². The Balaban J connectivity index is 1.30. The van der Waals surface area contributed by atoms with Crippen LogP contribution < -0.4 is 10.1 Å². The Kier molecular flexibility index (Phi) is 7.79. The highest BCUT2D eigenvalue weighted by Crippen LogP contribution is 2.27. The minimum atomic E-state index is -0.607. The normalized spacial score (nSPS) is 18.1. The molecule has 0 saturated carbocycles. The molecule has 0 spiro atoms. The highest BCUT2D eigenvalue weighted by molar-refractivity contribution is 5.94. The van der Waals surface area contributed by atoms with Gasteiger partial charge in [0.2, 0.25) is 0 Å². The number of fused-ring (bicyclic) bond motifs is 1. The van der Waals surface area contributed by atoms with Crippen LogP contribution in [0.1, 0.15) is 39.9 Å². The molecule has 1 atom stereocenters. The predicted octanol–water partition coefficient (Wildman–Crippen LogP) is 2.81. The van der Waals surface area contributed by atoms with E-state index in [0.29, 0.717) is 18.0 Å². The van der Waals surface area contributed by atoms with E-state index in [2.05, 4.69) is 34.5 Å². The fourth-order valence-electron chi connectivity index (χ4n) is 4.73. The average Bonchev–Trinajstić information content (AvgIpc) is 2.83. The van der Waals surface area contributed by atoms with Gasteiger partial charge in [-0.25, -0.2) is 0 Å². The maximum absolute atomic E-state index is 12.8. The average molecular weight is 439 g/mol. The van der Waals surface area contributed by atoms with Crippen LogP contribution in [0, 0.1) is 5.92 Å². The molecule has 2 aromatic rings. The van der Waals surface area contributed by atoms with Crippen LogP contribution in [0.25, 0.3) is 0 Å². The van der Waals surface area contributed by atoms with E-state index < -0.39 is 6.10 Å². The second-order valence-electron chi connectivity index (χ2n) is 8.90. The van der Waals surface area contributed by atoms with E-state index in [1.807, 2.05) is 12.1 Å². The summed E-state index contributed by atoms with van der Waals surface area (Å²) in [5, 5.41) is 13.4. The van der Waals surface area contributed by atoms with Crippen LogP contribution in [0.5, 0.6) is 5.75 Å². The molecule has 2 heterocycles. The standard InChI is InChI=1S/C26H34N2O4/c1-31-25-7-6-21(15-23(25)14-19-9-12-32-13-10-19)26(30)27-16-24(29)18-28-11-8-20-4-2-3-5-22(20)17-28/h2-7,15,19,24,29H,8-14,16-18H2,1H3,(H,27,30). The Bertz CT molecular complexity index is 910. The highest BCUT2D eigenvalue weighted by atomic mass is 16.5. The van der Waals surface area contributed by atoms with Crippen LogP contribution in [-0.4, -0.2) is 62.0 Å². The zero-order chi connectivity index (χ0) is 22.3. The summed E-state index contributed by atoms with van der Waals surface area (Å²) in [7, 11) is 1.66. The molecular formula is C26H34N2O4. The summed E-state index contributed by atoms with van der Waals surface area (Å²) in [4.78, 5) is 15.0. The molecule has 2 aromatic carbocycles. The molecule has 32 heavy (non-hydrogen) atoms. The van der Waals surface area contributed by atoms with Gasteiger partial charge in [-0.15, -0.1) is 0 Å². The fourth-order valence-corrected chi connectivity index (χ4v) is 4.73.